The van der Waals surface area contributed by atoms with Crippen LogP contribution in [0.25, 0.3) is 0 Å². The lowest BCUT2D eigenvalue weighted by Gasteiger charge is -2.23. The average Bonchev–Trinajstić information content (AvgIpc) is 3.05. The number of aliphatic carboxylic acids is 1. The summed E-state index contributed by atoms with van der Waals surface area (Å²) >= 11 is 12.1. The van der Waals surface area contributed by atoms with Gasteiger partial charge in [0, 0.05) is 35.9 Å². The Kier molecular flexibility index (Phi) is 5.62. The van der Waals surface area contributed by atoms with Gasteiger partial charge in [0.05, 0.1) is 17.2 Å². The van der Waals surface area contributed by atoms with Gasteiger partial charge in [-0.2, -0.15) is 0 Å². The second kappa shape index (κ2) is 7.94. The fraction of sp³-hybridized carbons (Fsp3) is 0.222. The number of pyridine rings is 1. The number of hydrogen-bond acceptors (Lipinski definition) is 5. The Labute approximate surface area is 164 Å². The summed E-state index contributed by atoms with van der Waals surface area (Å²) in [6.45, 7) is 0.189. The first-order valence-electron chi connectivity index (χ1n) is 7.99. The average molecular weight is 408 g/mol. The smallest absolute Gasteiger partial charge is 0.308 e. The normalized spacial score (nSPS) is 18.5. The van der Waals surface area contributed by atoms with Crippen LogP contribution in [0.3, 0.4) is 0 Å². The van der Waals surface area contributed by atoms with Crippen LogP contribution in [0.4, 0.5) is 0 Å². The number of carbonyl (C=O) groups excluding carboxylic acids is 1. The predicted octanol–water partition coefficient (Wildman–Crippen LogP) is 3.04. The van der Waals surface area contributed by atoms with Crippen molar-refractivity contribution in [3.05, 3.63) is 63.9 Å². The number of carboxylic acid groups (broad SMARTS) is 1. The molecule has 1 aromatic carbocycles. The van der Waals surface area contributed by atoms with Gasteiger partial charge in [-0.15, -0.1) is 0 Å². The third kappa shape index (κ3) is 4.37. The molecule has 7 nitrogen and oxygen atoms in total. The van der Waals surface area contributed by atoms with E-state index in [0.717, 1.165) is 5.56 Å². The number of aromatic nitrogens is 1. The number of halogens is 2. The van der Waals surface area contributed by atoms with Gasteiger partial charge in [-0.25, -0.2) is 0 Å². The van der Waals surface area contributed by atoms with Gasteiger partial charge < -0.3 is 15.3 Å². The van der Waals surface area contributed by atoms with Crippen molar-refractivity contribution < 1.29 is 19.5 Å². The standard InChI is InChI=1S/C18H15Cl2N3O4/c19-12-3-4-13(14(20)6-12)15-7-18(27-23-15,8-16(24)25)17(26)22-10-11-2-1-5-21-9-11/h1-6,9H,7-8,10H2,(H,22,26)(H,24,25). The zero-order valence-corrected chi connectivity index (χ0v) is 15.5. The highest BCUT2D eigenvalue weighted by atomic mass is 35.5. The summed E-state index contributed by atoms with van der Waals surface area (Å²) in [7, 11) is 0. The van der Waals surface area contributed by atoms with Gasteiger partial charge in [-0.3, -0.25) is 14.6 Å². The van der Waals surface area contributed by atoms with E-state index >= 15 is 0 Å². The monoisotopic (exact) mass is 407 g/mol. The van der Waals surface area contributed by atoms with Crippen molar-refractivity contribution >= 4 is 40.8 Å². The van der Waals surface area contributed by atoms with E-state index in [4.69, 9.17) is 28.0 Å². The summed E-state index contributed by atoms with van der Waals surface area (Å²) in [6, 6.07) is 8.36. The molecule has 2 heterocycles. The fourth-order valence-electron chi connectivity index (χ4n) is 2.73. The van der Waals surface area contributed by atoms with Crippen LogP contribution in [0.1, 0.15) is 24.0 Å². The van der Waals surface area contributed by atoms with Gasteiger partial charge in [0.2, 0.25) is 5.60 Å². The van der Waals surface area contributed by atoms with Crippen molar-refractivity contribution in [2.24, 2.45) is 5.16 Å². The van der Waals surface area contributed by atoms with Gasteiger partial charge in [-0.1, -0.05) is 40.5 Å². The largest absolute Gasteiger partial charge is 0.481 e. The molecule has 9 heteroatoms. The number of carbonyl (C=O) groups is 2. The van der Waals surface area contributed by atoms with E-state index in [1.54, 1.807) is 42.7 Å². The van der Waals surface area contributed by atoms with Gasteiger partial charge in [0.25, 0.3) is 5.91 Å². The Morgan fingerprint density at radius 3 is 2.78 bits per heavy atom. The van der Waals surface area contributed by atoms with E-state index in [2.05, 4.69) is 15.5 Å². The summed E-state index contributed by atoms with van der Waals surface area (Å²) in [6.07, 6.45) is 2.66. The quantitative estimate of drug-likeness (QED) is 0.765. The first kappa shape index (κ1) is 19.1. The van der Waals surface area contributed by atoms with Crippen LogP contribution in [0, 0.1) is 0 Å². The number of hydrogen-bond donors (Lipinski definition) is 2. The molecular weight excluding hydrogens is 393 g/mol. The summed E-state index contributed by atoms with van der Waals surface area (Å²) in [5, 5.41) is 16.7. The molecule has 1 amide bonds. The van der Waals surface area contributed by atoms with Crippen LogP contribution in [0.5, 0.6) is 0 Å². The van der Waals surface area contributed by atoms with Crippen molar-refractivity contribution in [3.63, 3.8) is 0 Å². The fourth-order valence-corrected chi connectivity index (χ4v) is 3.25. The Morgan fingerprint density at radius 2 is 2.11 bits per heavy atom. The minimum absolute atomic E-state index is 0.0282. The van der Waals surface area contributed by atoms with Gasteiger partial charge in [0.1, 0.15) is 0 Å². The highest BCUT2D eigenvalue weighted by molar-refractivity contribution is 6.37. The van der Waals surface area contributed by atoms with Gasteiger partial charge >= 0.3 is 5.97 Å². The van der Waals surface area contributed by atoms with Crippen LogP contribution in [-0.4, -0.2) is 33.3 Å². The summed E-state index contributed by atoms with van der Waals surface area (Å²) in [5.74, 6) is -1.75. The van der Waals surface area contributed by atoms with Crippen LogP contribution >= 0.6 is 23.2 Å². The van der Waals surface area contributed by atoms with Crippen LogP contribution < -0.4 is 5.32 Å². The molecule has 0 bridgehead atoms. The molecule has 1 atom stereocenters. The minimum Gasteiger partial charge on any atom is -0.481 e. The zero-order chi connectivity index (χ0) is 19.4. The number of oxime groups is 1. The number of benzene rings is 1. The summed E-state index contributed by atoms with van der Waals surface area (Å²) in [4.78, 5) is 33.4. The van der Waals surface area contributed by atoms with E-state index in [9.17, 15) is 14.7 Å². The number of nitrogens with one attached hydrogen (secondary N) is 1. The van der Waals surface area contributed by atoms with E-state index in [1.807, 2.05) is 0 Å². The number of nitrogens with zero attached hydrogens (tertiary/aromatic N) is 2. The van der Waals surface area contributed by atoms with Crippen molar-refractivity contribution in [2.45, 2.75) is 25.0 Å². The topological polar surface area (TPSA) is 101 Å². The first-order valence-corrected chi connectivity index (χ1v) is 8.75. The molecule has 1 unspecified atom stereocenters. The highest BCUT2D eigenvalue weighted by Gasteiger charge is 2.48. The maximum Gasteiger partial charge on any atom is 0.308 e. The number of amides is 1. The Balaban J connectivity index is 1.78. The Morgan fingerprint density at radius 1 is 1.30 bits per heavy atom. The molecule has 0 aliphatic carbocycles. The molecule has 0 fully saturated rings. The van der Waals surface area contributed by atoms with Crippen LogP contribution in [0.15, 0.2) is 47.9 Å². The van der Waals surface area contributed by atoms with Crippen molar-refractivity contribution in [1.29, 1.82) is 0 Å². The maximum atomic E-state index is 12.7. The third-order valence-corrected chi connectivity index (χ3v) is 4.60. The van der Waals surface area contributed by atoms with E-state index in [-0.39, 0.29) is 13.0 Å². The molecule has 0 spiro atoms. The Bertz CT molecular complexity index is 905. The second-order valence-electron chi connectivity index (χ2n) is 6.04. The molecule has 27 heavy (non-hydrogen) atoms. The van der Waals surface area contributed by atoms with Crippen LogP contribution in [0.2, 0.25) is 10.0 Å². The lowest BCUT2D eigenvalue weighted by Crippen LogP contribution is -2.48. The predicted molar refractivity (Wildman–Crippen MR) is 99.8 cm³/mol. The molecular formula is C18H15Cl2N3O4. The molecule has 1 aliphatic heterocycles. The van der Waals surface area contributed by atoms with Gasteiger partial charge in [0.15, 0.2) is 0 Å². The SMILES string of the molecule is O=C(O)CC1(C(=O)NCc2cccnc2)CC(c2ccc(Cl)cc2Cl)=NO1. The first-order chi connectivity index (χ1) is 12.9. The molecule has 1 aliphatic rings. The lowest BCUT2D eigenvalue weighted by atomic mass is 9.90. The lowest BCUT2D eigenvalue weighted by molar-refractivity contribution is -0.156. The second-order valence-corrected chi connectivity index (χ2v) is 6.88. The molecule has 2 aromatic rings. The minimum atomic E-state index is -1.65. The van der Waals surface area contributed by atoms with Gasteiger partial charge in [-0.05, 0) is 23.8 Å². The third-order valence-electron chi connectivity index (χ3n) is 4.05. The molecule has 3 rings (SSSR count). The molecule has 1 aromatic heterocycles. The zero-order valence-electron chi connectivity index (χ0n) is 14.0. The molecule has 140 valence electrons. The molecule has 0 saturated heterocycles. The van der Waals surface area contributed by atoms with Crippen molar-refractivity contribution in [1.82, 2.24) is 10.3 Å². The van der Waals surface area contributed by atoms with Crippen LogP contribution in [-0.2, 0) is 21.0 Å². The summed E-state index contributed by atoms with van der Waals surface area (Å²) in [5.41, 5.74) is 0.0471. The summed E-state index contributed by atoms with van der Waals surface area (Å²) < 4.78 is 0. The number of rotatable bonds is 6. The number of carboxylic acids is 1. The Hall–Kier alpha value is -2.64. The maximum absolute atomic E-state index is 12.7. The molecule has 2 N–H and O–H groups in total. The highest BCUT2D eigenvalue weighted by Crippen LogP contribution is 2.33. The molecule has 0 radical (unpaired) electrons. The van der Waals surface area contributed by atoms with Crippen molar-refractivity contribution in [3.8, 4) is 0 Å². The molecule has 0 saturated carbocycles. The van der Waals surface area contributed by atoms with E-state index < -0.39 is 23.9 Å². The van der Waals surface area contributed by atoms with Crippen molar-refractivity contribution in [2.75, 3.05) is 0 Å². The van der Waals surface area contributed by atoms with E-state index in [1.165, 1.54) is 0 Å². The van der Waals surface area contributed by atoms with E-state index in [0.29, 0.717) is 21.3 Å².